The highest BCUT2D eigenvalue weighted by Gasteiger charge is 2.38. The third-order valence-electron chi connectivity index (χ3n) is 6.28. The molecule has 0 unspecified atom stereocenters. The van der Waals surface area contributed by atoms with Crippen LogP contribution in [0.15, 0.2) is 0 Å². The molecule has 0 bridgehead atoms. The van der Waals surface area contributed by atoms with Crippen LogP contribution >= 0.6 is 0 Å². The van der Waals surface area contributed by atoms with E-state index in [2.05, 4.69) is 10.6 Å². The zero-order valence-electron chi connectivity index (χ0n) is 16.8. The summed E-state index contributed by atoms with van der Waals surface area (Å²) in [4.78, 5) is 49.9. The van der Waals surface area contributed by atoms with Gasteiger partial charge in [0.05, 0.1) is 19.1 Å². The van der Waals surface area contributed by atoms with E-state index in [1.165, 1.54) is 0 Å². The minimum Gasteiger partial charge on any atom is -0.338 e. The van der Waals surface area contributed by atoms with Gasteiger partial charge in [0.1, 0.15) is 6.04 Å². The molecule has 2 saturated carbocycles. The Kier molecular flexibility index (Phi) is 7.46. The molecule has 9 heteroatoms. The number of likely N-dealkylation sites (tertiary alicyclic amines) is 1. The van der Waals surface area contributed by atoms with Gasteiger partial charge in [-0.3, -0.25) is 24.4 Å². The fraction of sp³-hybridized carbons (Fsp3) is 0.800. The normalized spacial score (nSPS) is 22.9. The topological polar surface area (TPSA) is 119 Å². The van der Waals surface area contributed by atoms with Crippen molar-refractivity contribution in [3.63, 3.8) is 0 Å². The molecule has 0 aromatic carbocycles. The van der Waals surface area contributed by atoms with Crippen LogP contribution in [0.25, 0.3) is 0 Å². The first-order valence-electron chi connectivity index (χ1n) is 10.8. The highest BCUT2D eigenvalue weighted by atomic mass is 16.5. The van der Waals surface area contributed by atoms with Crippen molar-refractivity contribution in [2.45, 2.75) is 63.8 Å². The lowest BCUT2D eigenvalue weighted by atomic mass is 9.91. The molecular formula is C20H32N4O5. The van der Waals surface area contributed by atoms with E-state index >= 15 is 0 Å². The van der Waals surface area contributed by atoms with Gasteiger partial charge in [-0.15, -0.1) is 0 Å². The van der Waals surface area contributed by atoms with Gasteiger partial charge in [0.15, 0.2) is 0 Å². The average molecular weight is 408 g/mol. The monoisotopic (exact) mass is 408 g/mol. The summed E-state index contributed by atoms with van der Waals surface area (Å²) in [5, 5.41) is 15.6. The smallest absolute Gasteiger partial charge is 0.244 e. The molecule has 3 rings (SSSR count). The molecule has 3 fully saturated rings. The van der Waals surface area contributed by atoms with Crippen LogP contribution in [0.2, 0.25) is 0 Å². The summed E-state index contributed by atoms with van der Waals surface area (Å²) in [5.74, 6) is -0.529. The molecule has 29 heavy (non-hydrogen) atoms. The minimum atomic E-state index is -0.574. The molecule has 2 aliphatic carbocycles. The minimum absolute atomic E-state index is 0.0433. The predicted octanol–water partition coefficient (Wildman–Crippen LogP) is 0.621. The maximum atomic E-state index is 13.2. The van der Waals surface area contributed by atoms with Gasteiger partial charge in [-0.1, -0.05) is 25.7 Å². The van der Waals surface area contributed by atoms with E-state index in [0.717, 1.165) is 44.9 Å². The largest absolute Gasteiger partial charge is 0.338 e. The summed E-state index contributed by atoms with van der Waals surface area (Å²) in [7, 11) is 0. The lowest BCUT2D eigenvalue weighted by Gasteiger charge is -2.30. The van der Waals surface area contributed by atoms with Crippen LogP contribution in [-0.4, -0.2) is 65.1 Å². The van der Waals surface area contributed by atoms with Crippen LogP contribution in [0.4, 0.5) is 0 Å². The third-order valence-corrected chi connectivity index (χ3v) is 6.28. The third kappa shape index (κ3) is 5.91. The van der Waals surface area contributed by atoms with Gasteiger partial charge in [0, 0.05) is 12.5 Å². The summed E-state index contributed by atoms with van der Waals surface area (Å²) < 4.78 is 0. The summed E-state index contributed by atoms with van der Waals surface area (Å²) >= 11 is 0. The standard InChI is InChI=1S/C20H32N4O5/c25-13-23(29)11-16(10-14-4-1-2-5-14)20(28)24-9-3-6-17(24)19(27)22-12-21-18(26)15-7-8-15/h13-17,29H,1-12H2,(H,21,26)(H,22,27)/t16-,17+/m1/s1. The van der Waals surface area contributed by atoms with Gasteiger partial charge in [-0.25, -0.2) is 5.06 Å². The Bertz CT molecular complexity index is 618. The summed E-state index contributed by atoms with van der Waals surface area (Å²) in [6, 6.07) is -0.574. The van der Waals surface area contributed by atoms with E-state index in [9.17, 15) is 24.4 Å². The van der Waals surface area contributed by atoms with Crippen molar-refractivity contribution in [3.05, 3.63) is 0 Å². The second kappa shape index (κ2) is 10.0. The molecule has 1 saturated heterocycles. The Hall–Kier alpha value is -2.16. The van der Waals surface area contributed by atoms with Crippen molar-refractivity contribution >= 4 is 24.1 Å². The SMILES string of the molecule is O=CN(O)C[C@@H](CC1CCCC1)C(=O)N1CCC[C@H]1C(=O)NCNC(=O)C1CC1. The molecule has 3 N–H and O–H groups in total. The quantitative estimate of drug-likeness (QED) is 0.212. The van der Waals surface area contributed by atoms with E-state index in [0.29, 0.717) is 36.8 Å². The Labute approximate surface area is 171 Å². The van der Waals surface area contributed by atoms with Crippen molar-refractivity contribution in [2.75, 3.05) is 19.8 Å². The van der Waals surface area contributed by atoms with Crippen LogP contribution in [-0.2, 0) is 19.2 Å². The molecule has 0 aromatic rings. The number of hydroxylamine groups is 2. The number of nitrogens with zero attached hydrogens (tertiary/aromatic N) is 2. The van der Waals surface area contributed by atoms with Crippen LogP contribution in [0, 0.1) is 17.8 Å². The van der Waals surface area contributed by atoms with Crippen molar-refractivity contribution in [2.24, 2.45) is 17.8 Å². The number of rotatable bonds is 10. The summed E-state index contributed by atoms with van der Waals surface area (Å²) in [6.45, 7) is 0.494. The average Bonchev–Trinajstić information content (AvgIpc) is 3.23. The number of amides is 4. The predicted molar refractivity (Wildman–Crippen MR) is 103 cm³/mol. The van der Waals surface area contributed by atoms with Gasteiger partial charge in [-0.05, 0) is 38.0 Å². The number of carbonyl (C=O) groups excluding carboxylic acids is 4. The molecule has 0 radical (unpaired) electrons. The van der Waals surface area contributed by atoms with Crippen molar-refractivity contribution in [1.82, 2.24) is 20.6 Å². The zero-order valence-corrected chi connectivity index (χ0v) is 16.8. The molecule has 162 valence electrons. The zero-order chi connectivity index (χ0) is 20.8. The molecule has 0 spiro atoms. The number of carbonyl (C=O) groups is 4. The Morgan fingerprint density at radius 3 is 2.38 bits per heavy atom. The summed E-state index contributed by atoms with van der Waals surface area (Å²) in [6.07, 6.45) is 8.42. The second-order valence-corrected chi connectivity index (χ2v) is 8.53. The van der Waals surface area contributed by atoms with Crippen LogP contribution in [0.3, 0.4) is 0 Å². The first-order valence-corrected chi connectivity index (χ1v) is 10.8. The molecule has 1 heterocycles. The fourth-order valence-corrected chi connectivity index (χ4v) is 4.53. The lowest BCUT2D eigenvalue weighted by Crippen LogP contribution is -2.51. The maximum absolute atomic E-state index is 13.2. The lowest BCUT2D eigenvalue weighted by molar-refractivity contribution is -0.158. The fourth-order valence-electron chi connectivity index (χ4n) is 4.53. The van der Waals surface area contributed by atoms with Crippen LogP contribution < -0.4 is 10.6 Å². The first kappa shape index (κ1) is 21.5. The Morgan fingerprint density at radius 1 is 1.03 bits per heavy atom. The van der Waals surface area contributed by atoms with Crippen LogP contribution in [0.1, 0.15) is 57.8 Å². The van der Waals surface area contributed by atoms with Crippen molar-refractivity contribution in [3.8, 4) is 0 Å². The van der Waals surface area contributed by atoms with E-state index in [1.54, 1.807) is 4.90 Å². The molecule has 1 aliphatic heterocycles. The van der Waals surface area contributed by atoms with Gasteiger partial charge >= 0.3 is 0 Å². The highest BCUT2D eigenvalue weighted by Crippen LogP contribution is 2.32. The molecule has 9 nitrogen and oxygen atoms in total. The van der Waals surface area contributed by atoms with E-state index < -0.39 is 12.0 Å². The first-order chi connectivity index (χ1) is 14.0. The molecular weight excluding hydrogens is 376 g/mol. The molecule has 3 aliphatic rings. The van der Waals surface area contributed by atoms with Gasteiger partial charge < -0.3 is 15.5 Å². The molecule has 4 amide bonds. The van der Waals surface area contributed by atoms with Crippen molar-refractivity contribution in [1.29, 1.82) is 0 Å². The van der Waals surface area contributed by atoms with Gasteiger partial charge in [0.25, 0.3) is 0 Å². The van der Waals surface area contributed by atoms with Gasteiger partial charge in [-0.2, -0.15) is 0 Å². The Balaban J connectivity index is 1.56. The number of hydrogen-bond acceptors (Lipinski definition) is 5. The molecule has 2 atom stereocenters. The number of hydrogen-bond donors (Lipinski definition) is 3. The maximum Gasteiger partial charge on any atom is 0.244 e. The number of nitrogens with one attached hydrogen (secondary N) is 2. The summed E-state index contributed by atoms with van der Waals surface area (Å²) in [5.41, 5.74) is 0. The van der Waals surface area contributed by atoms with Crippen LogP contribution in [0.5, 0.6) is 0 Å². The van der Waals surface area contributed by atoms with Gasteiger partial charge in [0.2, 0.25) is 24.1 Å². The van der Waals surface area contributed by atoms with E-state index in [4.69, 9.17) is 0 Å². The second-order valence-electron chi connectivity index (χ2n) is 8.53. The van der Waals surface area contributed by atoms with Crippen molar-refractivity contribution < 1.29 is 24.4 Å². The Morgan fingerprint density at radius 2 is 1.72 bits per heavy atom. The van der Waals surface area contributed by atoms with E-state index in [1.807, 2.05) is 0 Å². The van der Waals surface area contributed by atoms with E-state index in [-0.39, 0.29) is 36.9 Å². The highest BCUT2D eigenvalue weighted by molar-refractivity contribution is 5.89. The molecule has 0 aromatic heterocycles.